The molecule has 0 aliphatic carbocycles. The lowest BCUT2D eigenvalue weighted by Crippen LogP contribution is -2.33. The molecule has 1 saturated heterocycles. The van der Waals surface area contributed by atoms with Crippen LogP contribution >= 0.6 is 47.1 Å². The molecule has 0 radical (unpaired) electrons. The van der Waals surface area contributed by atoms with Crippen molar-refractivity contribution >= 4 is 62.4 Å². The summed E-state index contributed by atoms with van der Waals surface area (Å²) in [7, 11) is 0. The Kier molecular flexibility index (Phi) is 7.21. The molecule has 0 bridgehead atoms. The first-order chi connectivity index (χ1) is 10.2. The van der Waals surface area contributed by atoms with Gasteiger partial charge in [-0.05, 0) is 25.0 Å². The number of anilines is 1. The fraction of sp³-hybridized carbons (Fsp3) is 0.667. The Morgan fingerprint density at radius 3 is 2.86 bits per heavy atom. The minimum absolute atomic E-state index is 0.0800. The van der Waals surface area contributed by atoms with Crippen LogP contribution < -0.4 is 5.32 Å². The number of hydrogen-bond acceptors (Lipinski definition) is 7. The molecule has 2 rings (SSSR count). The lowest BCUT2D eigenvalue weighted by molar-refractivity contribution is -0.113. The van der Waals surface area contributed by atoms with Gasteiger partial charge in [0.15, 0.2) is 4.34 Å². The van der Waals surface area contributed by atoms with E-state index in [1.165, 1.54) is 42.4 Å². The van der Waals surface area contributed by atoms with Crippen LogP contribution in [-0.2, 0) is 4.79 Å². The normalized spacial score (nSPS) is 15.0. The Hall–Kier alpha value is -0.380. The lowest BCUT2D eigenvalue weighted by Gasteiger charge is -2.28. The van der Waals surface area contributed by atoms with Gasteiger partial charge in [0.05, 0.1) is 5.75 Å². The van der Waals surface area contributed by atoms with Crippen molar-refractivity contribution in [2.45, 2.75) is 30.5 Å². The Morgan fingerprint density at radius 2 is 2.14 bits per heavy atom. The summed E-state index contributed by atoms with van der Waals surface area (Å²) < 4.78 is 1.70. The minimum atomic E-state index is -0.0800. The SMILES string of the molecule is CCSc1nnc(NC(=O)CSC(=S)N2CCCCC2)s1. The average molecular weight is 363 g/mol. The molecule has 1 aliphatic heterocycles. The van der Waals surface area contributed by atoms with Gasteiger partial charge in [-0.3, -0.25) is 10.1 Å². The first-order valence-corrected chi connectivity index (χ1v) is 10.1. The number of amides is 1. The van der Waals surface area contributed by atoms with Gasteiger partial charge < -0.3 is 4.90 Å². The second-order valence-corrected chi connectivity index (χ2v) is 8.55. The number of piperidine rings is 1. The maximum absolute atomic E-state index is 11.9. The molecule has 5 nitrogen and oxygen atoms in total. The van der Waals surface area contributed by atoms with Crippen molar-refractivity contribution in [2.75, 3.05) is 29.9 Å². The van der Waals surface area contributed by atoms with E-state index in [1.807, 2.05) is 0 Å². The van der Waals surface area contributed by atoms with Crippen LogP contribution in [0.2, 0.25) is 0 Å². The smallest absolute Gasteiger partial charge is 0.236 e. The number of nitrogens with one attached hydrogen (secondary N) is 1. The molecule has 1 amide bonds. The van der Waals surface area contributed by atoms with Crippen molar-refractivity contribution < 1.29 is 4.79 Å². The molecule has 0 atom stereocenters. The molecule has 1 aromatic heterocycles. The van der Waals surface area contributed by atoms with Crippen LogP contribution in [0.3, 0.4) is 0 Å². The Balaban J connectivity index is 1.72. The average Bonchev–Trinajstić information content (AvgIpc) is 2.93. The molecule has 116 valence electrons. The van der Waals surface area contributed by atoms with Gasteiger partial charge in [-0.25, -0.2) is 0 Å². The highest BCUT2D eigenvalue weighted by Crippen LogP contribution is 2.25. The lowest BCUT2D eigenvalue weighted by atomic mass is 10.1. The van der Waals surface area contributed by atoms with E-state index in [0.29, 0.717) is 10.9 Å². The van der Waals surface area contributed by atoms with Crippen LogP contribution in [0.1, 0.15) is 26.2 Å². The van der Waals surface area contributed by atoms with E-state index in [9.17, 15) is 4.79 Å². The number of hydrogen-bond donors (Lipinski definition) is 1. The number of nitrogens with zero attached hydrogens (tertiary/aromatic N) is 3. The first kappa shape index (κ1) is 17.0. The fourth-order valence-electron chi connectivity index (χ4n) is 1.89. The summed E-state index contributed by atoms with van der Waals surface area (Å²) in [5.41, 5.74) is 0. The zero-order valence-corrected chi connectivity index (χ0v) is 15.1. The van der Waals surface area contributed by atoms with Gasteiger partial charge in [0.25, 0.3) is 0 Å². The van der Waals surface area contributed by atoms with Crippen LogP contribution in [0.4, 0.5) is 5.13 Å². The number of carbonyl (C=O) groups is 1. The van der Waals surface area contributed by atoms with Gasteiger partial charge >= 0.3 is 0 Å². The second kappa shape index (κ2) is 8.92. The van der Waals surface area contributed by atoms with Crippen molar-refractivity contribution in [3.05, 3.63) is 0 Å². The van der Waals surface area contributed by atoms with E-state index in [-0.39, 0.29) is 5.91 Å². The largest absolute Gasteiger partial charge is 0.358 e. The number of thioether (sulfide) groups is 2. The van der Waals surface area contributed by atoms with Crippen molar-refractivity contribution in [3.8, 4) is 0 Å². The molecule has 9 heteroatoms. The molecule has 1 aromatic rings. The molecule has 1 fully saturated rings. The number of thiocarbonyl (C=S) groups is 1. The Bertz CT molecular complexity index is 487. The molecule has 0 spiro atoms. The van der Waals surface area contributed by atoms with Crippen LogP contribution in [0.5, 0.6) is 0 Å². The van der Waals surface area contributed by atoms with Crippen molar-refractivity contribution in [3.63, 3.8) is 0 Å². The third kappa shape index (κ3) is 5.72. The molecule has 21 heavy (non-hydrogen) atoms. The van der Waals surface area contributed by atoms with Crippen LogP contribution in [0.15, 0.2) is 4.34 Å². The third-order valence-electron chi connectivity index (χ3n) is 2.86. The van der Waals surface area contributed by atoms with Crippen LogP contribution in [0, 0.1) is 0 Å². The number of carbonyl (C=O) groups excluding carboxylic acids is 1. The third-order valence-corrected chi connectivity index (χ3v) is 6.24. The summed E-state index contributed by atoms with van der Waals surface area (Å²) in [6.07, 6.45) is 3.66. The summed E-state index contributed by atoms with van der Waals surface area (Å²) in [6, 6.07) is 0. The van der Waals surface area contributed by atoms with Gasteiger partial charge in [0.2, 0.25) is 11.0 Å². The molecule has 0 saturated carbocycles. The highest BCUT2D eigenvalue weighted by Gasteiger charge is 2.15. The number of rotatable bonds is 5. The van der Waals surface area contributed by atoms with Crippen LogP contribution in [0.25, 0.3) is 0 Å². The molecule has 0 aromatic carbocycles. The van der Waals surface area contributed by atoms with Crippen molar-refractivity contribution in [1.82, 2.24) is 15.1 Å². The van der Waals surface area contributed by atoms with E-state index in [0.717, 1.165) is 27.5 Å². The van der Waals surface area contributed by atoms with E-state index < -0.39 is 0 Å². The maximum atomic E-state index is 11.9. The molecular weight excluding hydrogens is 344 g/mol. The van der Waals surface area contributed by atoms with Gasteiger partial charge in [0.1, 0.15) is 4.32 Å². The summed E-state index contributed by atoms with van der Waals surface area (Å²) in [6.45, 7) is 4.09. The highest BCUT2D eigenvalue weighted by atomic mass is 32.2. The summed E-state index contributed by atoms with van der Waals surface area (Å²) in [4.78, 5) is 14.1. The van der Waals surface area contributed by atoms with Gasteiger partial charge in [0, 0.05) is 13.1 Å². The number of likely N-dealkylation sites (tertiary alicyclic amines) is 1. The fourth-order valence-corrected chi connectivity index (χ4v) is 4.61. The van der Waals surface area contributed by atoms with E-state index in [1.54, 1.807) is 11.8 Å². The number of aromatic nitrogens is 2. The summed E-state index contributed by atoms with van der Waals surface area (Å²) in [5, 5.41) is 11.3. The molecule has 1 N–H and O–H groups in total. The first-order valence-electron chi connectivity index (χ1n) is 6.87. The Morgan fingerprint density at radius 1 is 1.38 bits per heavy atom. The molecule has 2 heterocycles. The molecule has 0 unspecified atom stereocenters. The highest BCUT2D eigenvalue weighted by molar-refractivity contribution is 8.23. The predicted molar refractivity (Wildman–Crippen MR) is 95.4 cm³/mol. The quantitative estimate of drug-likeness (QED) is 0.491. The predicted octanol–water partition coefficient (Wildman–Crippen LogP) is 3.09. The maximum Gasteiger partial charge on any atom is 0.236 e. The summed E-state index contributed by atoms with van der Waals surface area (Å²) >= 11 is 9.83. The second-order valence-electron chi connectivity index (χ2n) is 4.46. The van der Waals surface area contributed by atoms with Crippen LogP contribution in [-0.4, -0.2) is 49.9 Å². The van der Waals surface area contributed by atoms with Crippen molar-refractivity contribution in [1.29, 1.82) is 0 Å². The Labute approximate surface area is 142 Å². The zero-order chi connectivity index (χ0) is 15.1. The summed E-state index contributed by atoms with van der Waals surface area (Å²) in [5.74, 6) is 1.19. The monoisotopic (exact) mass is 362 g/mol. The zero-order valence-electron chi connectivity index (χ0n) is 11.8. The topological polar surface area (TPSA) is 58.1 Å². The van der Waals surface area contributed by atoms with E-state index in [2.05, 4.69) is 27.3 Å². The van der Waals surface area contributed by atoms with Gasteiger partial charge in [-0.1, -0.05) is 54.0 Å². The van der Waals surface area contributed by atoms with E-state index in [4.69, 9.17) is 12.2 Å². The van der Waals surface area contributed by atoms with Gasteiger partial charge in [-0.2, -0.15) is 0 Å². The molecular formula is C12H18N4OS4. The van der Waals surface area contributed by atoms with Crippen molar-refractivity contribution in [2.24, 2.45) is 0 Å². The standard InChI is InChI=1S/C12H18N4OS4/c1-2-19-11-15-14-10(21-11)13-9(17)8-20-12(18)16-6-4-3-5-7-16/h2-8H2,1H3,(H,13,14,17). The van der Waals surface area contributed by atoms with E-state index >= 15 is 0 Å². The minimum Gasteiger partial charge on any atom is -0.358 e. The molecule has 1 aliphatic rings. The van der Waals surface area contributed by atoms with Gasteiger partial charge in [-0.15, -0.1) is 10.2 Å².